The van der Waals surface area contributed by atoms with Gasteiger partial charge in [0.2, 0.25) is 0 Å². The zero-order valence-electron chi connectivity index (χ0n) is 10.3. The van der Waals surface area contributed by atoms with Gasteiger partial charge in [0.1, 0.15) is 0 Å². The van der Waals surface area contributed by atoms with Crippen molar-refractivity contribution in [2.45, 2.75) is 19.9 Å². The van der Waals surface area contributed by atoms with E-state index in [1.54, 1.807) is 0 Å². The first kappa shape index (κ1) is 14.2. The van der Waals surface area contributed by atoms with Gasteiger partial charge in [0, 0.05) is 10.5 Å². The second-order valence-electron chi connectivity index (χ2n) is 4.37. The lowest BCUT2D eigenvalue weighted by molar-refractivity contribution is -0.147. The number of halogens is 1. The van der Waals surface area contributed by atoms with Crippen molar-refractivity contribution in [3.05, 3.63) is 34.3 Å². The second kappa shape index (κ2) is 6.17. The monoisotopic (exact) mass is 299 g/mol. The van der Waals surface area contributed by atoms with Gasteiger partial charge in [0.05, 0.1) is 13.0 Å². The Morgan fingerprint density at radius 2 is 2.06 bits per heavy atom. The van der Waals surface area contributed by atoms with Crippen LogP contribution in [-0.2, 0) is 9.53 Å². The van der Waals surface area contributed by atoms with Crippen molar-refractivity contribution in [2.75, 3.05) is 7.11 Å². The van der Waals surface area contributed by atoms with Crippen LogP contribution in [0.4, 0.5) is 0 Å². The van der Waals surface area contributed by atoms with E-state index >= 15 is 0 Å². The Bertz CT molecular complexity index is 393. The maximum absolute atomic E-state index is 11.7. The summed E-state index contributed by atoms with van der Waals surface area (Å²) in [5, 5.41) is 0. The number of methoxy groups -OCH3 is 1. The fourth-order valence-electron chi connectivity index (χ4n) is 1.89. The molecule has 2 atom stereocenters. The smallest absolute Gasteiger partial charge is 0.310 e. The maximum atomic E-state index is 11.7. The Morgan fingerprint density at radius 1 is 1.41 bits per heavy atom. The van der Waals surface area contributed by atoms with E-state index in [-0.39, 0.29) is 23.8 Å². The molecule has 2 N–H and O–H groups in total. The van der Waals surface area contributed by atoms with Gasteiger partial charge in [-0.05, 0) is 23.6 Å². The molecule has 0 saturated carbocycles. The maximum Gasteiger partial charge on any atom is 0.310 e. The minimum absolute atomic E-state index is 0.136. The number of rotatable bonds is 4. The van der Waals surface area contributed by atoms with Gasteiger partial charge in [0.15, 0.2) is 0 Å². The minimum Gasteiger partial charge on any atom is -0.469 e. The Balaban J connectivity index is 2.99. The molecule has 3 nitrogen and oxygen atoms in total. The molecule has 1 aromatic carbocycles. The van der Waals surface area contributed by atoms with Gasteiger partial charge in [0.25, 0.3) is 0 Å². The molecule has 0 aliphatic heterocycles. The first-order valence-corrected chi connectivity index (χ1v) is 6.35. The molecule has 0 aliphatic rings. The van der Waals surface area contributed by atoms with Crippen molar-refractivity contribution in [3.63, 3.8) is 0 Å². The highest BCUT2D eigenvalue weighted by Gasteiger charge is 2.30. The van der Waals surface area contributed by atoms with E-state index < -0.39 is 0 Å². The van der Waals surface area contributed by atoms with Crippen molar-refractivity contribution < 1.29 is 9.53 Å². The average Bonchev–Trinajstić information content (AvgIpc) is 2.28. The molecule has 1 aromatic rings. The van der Waals surface area contributed by atoms with Gasteiger partial charge >= 0.3 is 5.97 Å². The van der Waals surface area contributed by atoms with Crippen LogP contribution in [0.3, 0.4) is 0 Å². The fourth-order valence-corrected chi connectivity index (χ4v) is 2.31. The number of ether oxygens (including phenoxy) is 1. The molecule has 2 unspecified atom stereocenters. The van der Waals surface area contributed by atoms with E-state index in [4.69, 9.17) is 10.5 Å². The third-order valence-corrected chi connectivity index (χ3v) is 3.31. The third-order valence-electron chi connectivity index (χ3n) is 2.81. The number of hydrogen-bond donors (Lipinski definition) is 1. The van der Waals surface area contributed by atoms with Gasteiger partial charge < -0.3 is 10.5 Å². The number of carbonyl (C=O) groups is 1. The summed E-state index contributed by atoms with van der Waals surface area (Å²) in [7, 11) is 1.39. The van der Waals surface area contributed by atoms with Gasteiger partial charge in [-0.15, -0.1) is 0 Å². The summed E-state index contributed by atoms with van der Waals surface area (Å²) in [6.45, 7) is 3.94. The predicted molar refractivity (Wildman–Crippen MR) is 71.4 cm³/mol. The van der Waals surface area contributed by atoms with Crippen LogP contribution in [-0.4, -0.2) is 13.1 Å². The minimum atomic E-state index is -0.347. The largest absolute Gasteiger partial charge is 0.469 e. The Kier molecular flexibility index (Phi) is 5.15. The van der Waals surface area contributed by atoms with Gasteiger partial charge in [-0.3, -0.25) is 4.79 Å². The number of nitrogens with two attached hydrogens (primary N) is 1. The topological polar surface area (TPSA) is 52.3 Å². The van der Waals surface area contributed by atoms with Crippen molar-refractivity contribution in [3.8, 4) is 0 Å². The number of carbonyl (C=O) groups excluding carboxylic acids is 1. The molecule has 1 rings (SSSR count). The van der Waals surface area contributed by atoms with E-state index in [0.717, 1.165) is 10.0 Å². The number of hydrogen-bond acceptors (Lipinski definition) is 3. The first-order valence-electron chi connectivity index (χ1n) is 5.56. The molecule has 0 saturated heterocycles. The lowest BCUT2D eigenvalue weighted by atomic mass is 9.85. The lowest BCUT2D eigenvalue weighted by Crippen LogP contribution is -2.33. The molecular formula is C13H18BrNO2. The summed E-state index contributed by atoms with van der Waals surface area (Å²) >= 11 is 3.40. The number of benzene rings is 1. The van der Waals surface area contributed by atoms with Crippen LogP contribution in [0.2, 0.25) is 0 Å². The standard InChI is InChI=1S/C13H18BrNO2/c1-8(2)11(13(16)17-3)12(15)9-5-4-6-10(14)7-9/h4-8,11-12H,15H2,1-3H3. The SMILES string of the molecule is COC(=O)C(C(C)C)C(N)c1cccc(Br)c1. The van der Waals surface area contributed by atoms with Crippen LogP contribution in [0.25, 0.3) is 0 Å². The zero-order chi connectivity index (χ0) is 13.0. The molecule has 0 spiro atoms. The van der Waals surface area contributed by atoms with E-state index in [1.807, 2.05) is 38.1 Å². The Labute approximate surface area is 110 Å². The summed E-state index contributed by atoms with van der Waals surface area (Å²) in [4.78, 5) is 11.7. The molecule has 17 heavy (non-hydrogen) atoms. The normalized spacial score (nSPS) is 14.5. The highest BCUT2D eigenvalue weighted by atomic mass is 79.9. The summed E-state index contributed by atoms with van der Waals surface area (Å²) in [6, 6.07) is 7.35. The highest BCUT2D eigenvalue weighted by molar-refractivity contribution is 9.10. The molecule has 4 heteroatoms. The molecule has 0 amide bonds. The molecule has 0 aliphatic carbocycles. The van der Waals surface area contributed by atoms with Gasteiger partial charge in [-0.1, -0.05) is 41.9 Å². The average molecular weight is 300 g/mol. The van der Waals surface area contributed by atoms with E-state index in [9.17, 15) is 4.79 Å². The zero-order valence-corrected chi connectivity index (χ0v) is 11.9. The van der Waals surface area contributed by atoms with Crippen molar-refractivity contribution in [2.24, 2.45) is 17.6 Å². The molecule has 0 fully saturated rings. The fraction of sp³-hybridized carbons (Fsp3) is 0.462. The highest BCUT2D eigenvalue weighted by Crippen LogP contribution is 2.28. The second-order valence-corrected chi connectivity index (χ2v) is 5.29. The lowest BCUT2D eigenvalue weighted by Gasteiger charge is -2.25. The molecule has 0 heterocycles. The van der Waals surface area contributed by atoms with Crippen molar-refractivity contribution in [1.29, 1.82) is 0 Å². The van der Waals surface area contributed by atoms with Gasteiger partial charge in [-0.2, -0.15) is 0 Å². The molecule has 0 radical (unpaired) electrons. The van der Waals surface area contributed by atoms with Gasteiger partial charge in [-0.25, -0.2) is 0 Å². The van der Waals surface area contributed by atoms with E-state index in [2.05, 4.69) is 15.9 Å². The van der Waals surface area contributed by atoms with Crippen molar-refractivity contribution >= 4 is 21.9 Å². The van der Waals surface area contributed by atoms with Crippen LogP contribution >= 0.6 is 15.9 Å². The van der Waals surface area contributed by atoms with E-state index in [1.165, 1.54) is 7.11 Å². The number of esters is 1. The molecule has 0 bridgehead atoms. The third kappa shape index (κ3) is 3.54. The molecular weight excluding hydrogens is 282 g/mol. The quantitative estimate of drug-likeness (QED) is 0.870. The van der Waals surface area contributed by atoms with Crippen LogP contribution < -0.4 is 5.73 Å². The van der Waals surface area contributed by atoms with Crippen LogP contribution in [0.1, 0.15) is 25.5 Å². The Hall–Kier alpha value is -0.870. The van der Waals surface area contributed by atoms with Crippen LogP contribution in [0, 0.1) is 11.8 Å². The predicted octanol–water partition coefficient (Wildman–Crippen LogP) is 2.89. The van der Waals surface area contributed by atoms with Crippen molar-refractivity contribution in [1.82, 2.24) is 0 Å². The summed E-state index contributed by atoms with van der Waals surface area (Å²) < 4.78 is 5.77. The van der Waals surface area contributed by atoms with Crippen LogP contribution in [0.15, 0.2) is 28.7 Å². The first-order chi connectivity index (χ1) is 7.97. The summed E-state index contributed by atoms with van der Waals surface area (Å²) in [5.74, 6) is -0.446. The Morgan fingerprint density at radius 3 is 2.53 bits per heavy atom. The molecule has 0 aromatic heterocycles. The molecule has 94 valence electrons. The van der Waals surface area contributed by atoms with E-state index in [0.29, 0.717) is 0 Å². The summed E-state index contributed by atoms with van der Waals surface area (Å²) in [5.41, 5.74) is 7.10. The summed E-state index contributed by atoms with van der Waals surface area (Å²) in [6.07, 6.45) is 0. The van der Waals surface area contributed by atoms with Crippen LogP contribution in [0.5, 0.6) is 0 Å².